The smallest absolute Gasteiger partial charge is 0.121 e. The molecule has 5 heteroatoms. The van der Waals surface area contributed by atoms with Crippen LogP contribution in [0.2, 0.25) is 0 Å². The minimum absolute atomic E-state index is 0.311. The van der Waals surface area contributed by atoms with E-state index >= 15 is 0 Å². The van der Waals surface area contributed by atoms with Crippen LogP contribution in [0.4, 0.5) is 0 Å². The normalized spacial score (nSPS) is 26.1. The Hall–Kier alpha value is -0.880. The number of hydrogen-bond donors (Lipinski definition) is 1. The van der Waals surface area contributed by atoms with Crippen LogP contribution in [-0.2, 0) is 4.74 Å². The van der Waals surface area contributed by atoms with E-state index in [0.29, 0.717) is 6.04 Å². The molecule has 5 nitrogen and oxygen atoms in total. The molecule has 0 saturated carbocycles. The van der Waals surface area contributed by atoms with E-state index < -0.39 is 0 Å². The molecule has 1 aromatic heterocycles. The molecule has 2 saturated heterocycles. The minimum atomic E-state index is -0.315. The molecule has 2 fully saturated rings. The van der Waals surface area contributed by atoms with E-state index in [2.05, 4.69) is 15.9 Å². The highest BCUT2D eigenvalue weighted by molar-refractivity contribution is 5.10. The van der Waals surface area contributed by atoms with E-state index in [1.807, 2.05) is 13.0 Å². The zero-order chi connectivity index (χ0) is 16.1. The third-order valence-electron chi connectivity index (χ3n) is 4.97. The van der Waals surface area contributed by atoms with Gasteiger partial charge in [0.1, 0.15) is 11.5 Å². The Labute approximate surface area is 139 Å². The Balaban J connectivity index is 1.60. The zero-order valence-electron chi connectivity index (χ0n) is 14.2. The molecule has 3 heterocycles. The molecule has 0 bridgehead atoms. The summed E-state index contributed by atoms with van der Waals surface area (Å²) in [6.45, 7) is 7.93. The lowest BCUT2D eigenvalue weighted by Crippen LogP contribution is -2.45. The highest BCUT2D eigenvalue weighted by Gasteiger charge is 2.27. The lowest BCUT2D eigenvalue weighted by atomic mass is 10.1. The van der Waals surface area contributed by atoms with E-state index in [1.165, 1.54) is 19.3 Å². The van der Waals surface area contributed by atoms with Crippen molar-refractivity contribution in [2.24, 2.45) is 0 Å². The van der Waals surface area contributed by atoms with Gasteiger partial charge >= 0.3 is 0 Å². The fourth-order valence-corrected chi connectivity index (χ4v) is 3.75. The molecule has 2 aliphatic heterocycles. The standard InChI is InChI=1S/C18H30N2O3/c1-15-6-7-18(23-15)17-5-3-2-4-8-20(17)14-16(21)13-19-9-11-22-12-10-19/h6-7,16-17,21H,2-5,8-14H2,1H3/t16-,17+/m0/s1. The number of aliphatic hydroxyl groups excluding tert-OH is 1. The van der Waals surface area contributed by atoms with Crippen LogP contribution in [0.5, 0.6) is 0 Å². The van der Waals surface area contributed by atoms with Crippen LogP contribution in [0.25, 0.3) is 0 Å². The highest BCUT2D eigenvalue weighted by atomic mass is 16.5. The summed E-state index contributed by atoms with van der Waals surface area (Å²) < 4.78 is 11.3. The Kier molecular flexibility index (Phi) is 6.11. The van der Waals surface area contributed by atoms with E-state index in [-0.39, 0.29) is 6.10 Å². The van der Waals surface area contributed by atoms with Crippen molar-refractivity contribution < 1.29 is 14.3 Å². The second-order valence-electron chi connectivity index (χ2n) is 6.88. The van der Waals surface area contributed by atoms with Gasteiger partial charge in [0.2, 0.25) is 0 Å². The van der Waals surface area contributed by atoms with E-state index in [0.717, 1.165) is 63.9 Å². The monoisotopic (exact) mass is 322 g/mol. The van der Waals surface area contributed by atoms with Gasteiger partial charge in [-0.2, -0.15) is 0 Å². The van der Waals surface area contributed by atoms with Gasteiger partial charge in [-0.15, -0.1) is 0 Å². The number of aryl methyl sites for hydroxylation is 1. The molecule has 0 amide bonds. The number of ether oxygens (including phenoxy) is 1. The van der Waals surface area contributed by atoms with Crippen LogP contribution in [0.1, 0.15) is 43.2 Å². The van der Waals surface area contributed by atoms with Crippen molar-refractivity contribution in [3.8, 4) is 0 Å². The van der Waals surface area contributed by atoms with Crippen LogP contribution in [-0.4, -0.2) is 66.9 Å². The van der Waals surface area contributed by atoms with Gasteiger partial charge in [-0.25, -0.2) is 0 Å². The summed E-state index contributed by atoms with van der Waals surface area (Å²) >= 11 is 0. The van der Waals surface area contributed by atoms with E-state index in [4.69, 9.17) is 9.15 Å². The van der Waals surface area contributed by atoms with Crippen LogP contribution in [0.15, 0.2) is 16.5 Å². The van der Waals surface area contributed by atoms with Crippen molar-refractivity contribution in [2.75, 3.05) is 45.9 Å². The van der Waals surface area contributed by atoms with Gasteiger partial charge in [-0.05, 0) is 38.4 Å². The van der Waals surface area contributed by atoms with Crippen molar-refractivity contribution in [3.63, 3.8) is 0 Å². The first-order chi connectivity index (χ1) is 11.2. The molecule has 23 heavy (non-hydrogen) atoms. The number of hydrogen-bond acceptors (Lipinski definition) is 5. The van der Waals surface area contributed by atoms with Gasteiger partial charge in [0.05, 0.1) is 25.4 Å². The van der Waals surface area contributed by atoms with Gasteiger partial charge in [0.25, 0.3) is 0 Å². The summed E-state index contributed by atoms with van der Waals surface area (Å²) in [4.78, 5) is 4.73. The predicted molar refractivity (Wildman–Crippen MR) is 89.5 cm³/mol. The third-order valence-corrected chi connectivity index (χ3v) is 4.97. The maximum atomic E-state index is 10.6. The maximum Gasteiger partial charge on any atom is 0.121 e. The van der Waals surface area contributed by atoms with Gasteiger partial charge in [-0.3, -0.25) is 9.80 Å². The maximum absolute atomic E-state index is 10.6. The number of furan rings is 1. The molecule has 3 rings (SSSR count). The lowest BCUT2D eigenvalue weighted by molar-refractivity contribution is 0.00208. The second kappa shape index (κ2) is 8.29. The molecule has 0 aromatic carbocycles. The number of aliphatic hydroxyl groups is 1. The summed E-state index contributed by atoms with van der Waals surface area (Å²) in [6, 6.07) is 4.46. The number of rotatable bonds is 5. The molecule has 0 radical (unpaired) electrons. The molecule has 0 unspecified atom stereocenters. The van der Waals surface area contributed by atoms with Crippen molar-refractivity contribution in [2.45, 2.75) is 44.8 Å². The summed E-state index contributed by atoms with van der Waals surface area (Å²) in [7, 11) is 0. The Bertz CT molecular complexity index is 471. The highest BCUT2D eigenvalue weighted by Crippen LogP contribution is 2.31. The molecule has 0 spiro atoms. The number of nitrogens with zero attached hydrogens (tertiary/aromatic N) is 2. The SMILES string of the molecule is Cc1ccc([C@H]2CCCCCN2C[C@@H](O)CN2CCOCC2)o1. The van der Waals surface area contributed by atoms with Crippen LogP contribution in [0.3, 0.4) is 0 Å². The molecular formula is C18H30N2O3. The van der Waals surface area contributed by atoms with Crippen molar-refractivity contribution in [3.05, 3.63) is 23.7 Å². The first-order valence-electron chi connectivity index (χ1n) is 9.01. The van der Waals surface area contributed by atoms with Crippen molar-refractivity contribution in [1.82, 2.24) is 9.80 Å². The van der Waals surface area contributed by atoms with E-state index in [9.17, 15) is 5.11 Å². The largest absolute Gasteiger partial charge is 0.465 e. The number of β-amino-alcohol motifs (C(OH)–C–C–N with tert-alkyl or cyclic N) is 1. The van der Waals surface area contributed by atoms with Gasteiger partial charge in [-0.1, -0.05) is 12.8 Å². The fourth-order valence-electron chi connectivity index (χ4n) is 3.75. The Morgan fingerprint density at radius 2 is 1.96 bits per heavy atom. The average molecular weight is 322 g/mol. The first kappa shape index (κ1) is 17.0. The average Bonchev–Trinajstić information content (AvgIpc) is 2.84. The predicted octanol–water partition coefficient (Wildman–Crippen LogP) is 2.20. The zero-order valence-corrected chi connectivity index (χ0v) is 14.2. The van der Waals surface area contributed by atoms with E-state index in [1.54, 1.807) is 0 Å². The minimum Gasteiger partial charge on any atom is -0.465 e. The molecule has 130 valence electrons. The first-order valence-corrected chi connectivity index (χ1v) is 9.01. The topological polar surface area (TPSA) is 49.1 Å². The molecule has 1 aromatic rings. The molecule has 2 aliphatic rings. The fraction of sp³-hybridized carbons (Fsp3) is 0.778. The third kappa shape index (κ3) is 4.80. The second-order valence-corrected chi connectivity index (χ2v) is 6.88. The number of morpholine rings is 1. The Morgan fingerprint density at radius 3 is 2.70 bits per heavy atom. The van der Waals surface area contributed by atoms with Gasteiger partial charge in [0, 0.05) is 26.2 Å². The van der Waals surface area contributed by atoms with Gasteiger partial charge in [0.15, 0.2) is 0 Å². The van der Waals surface area contributed by atoms with Crippen molar-refractivity contribution in [1.29, 1.82) is 0 Å². The van der Waals surface area contributed by atoms with Gasteiger partial charge < -0.3 is 14.3 Å². The number of likely N-dealkylation sites (tertiary alicyclic amines) is 1. The molecule has 0 aliphatic carbocycles. The summed E-state index contributed by atoms with van der Waals surface area (Å²) in [5, 5.41) is 10.6. The van der Waals surface area contributed by atoms with Crippen LogP contribution < -0.4 is 0 Å². The Morgan fingerprint density at radius 1 is 1.13 bits per heavy atom. The van der Waals surface area contributed by atoms with Crippen molar-refractivity contribution >= 4 is 0 Å². The summed E-state index contributed by atoms with van der Waals surface area (Å²) in [5.74, 6) is 2.03. The van der Waals surface area contributed by atoms with Crippen LogP contribution in [0, 0.1) is 6.92 Å². The molecular weight excluding hydrogens is 292 g/mol. The summed E-state index contributed by atoms with van der Waals surface area (Å²) in [6.07, 6.45) is 4.52. The molecule has 2 atom stereocenters. The van der Waals surface area contributed by atoms with Crippen LogP contribution >= 0.6 is 0 Å². The quantitative estimate of drug-likeness (QED) is 0.900. The molecule has 1 N–H and O–H groups in total. The lowest BCUT2D eigenvalue weighted by Gasteiger charge is -2.33. The summed E-state index contributed by atoms with van der Waals surface area (Å²) in [5.41, 5.74) is 0.